The minimum absolute atomic E-state index is 0.322. The van der Waals surface area contributed by atoms with Crippen LogP contribution in [0, 0.1) is 5.82 Å². The Morgan fingerprint density at radius 2 is 1.88 bits per heavy atom. The molecule has 5 heteroatoms. The molecule has 2 nitrogen and oxygen atoms in total. The number of anilines is 3. The number of nitrogens with two attached hydrogens (primary N) is 1. The van der Waals surface area contributed by atoms with E-state index in [1.165, 1.54) is 18.2 Å². The van der Waals surface area contributed by atoms with Crippen molar-refractivity contribution in [2.24, 2.45) is 0 Å². The van der Waals surface area contributed by atoms with Crippen LogP contribution in [-0.2, 0) is 0 Å². The van der Waals surface area contributed by atoms with E-state index in [-0.39, 0.29) is 5.82 Å². The van der Waals surface area contributed by atoms with Gasteiger partial charge in [0.15, 0.2) is 0 Å². The zero-order valence-corrected chi connectivity index (χ0v) is 11.0. The number of rotatable bonds is 2. The van der Waals surface area contributed by atoms with Gasteiger partial charge in [-0.1, -0.05) is 11.6 Å². The maximum absolute atomic E-state index is 13.5. The fraction of sp³-hybridized carbons (Fsp3) is 0. The monoisotopic (exact) mass is 314 g/mol. The van der Waals surface area contributed by atoms with Crippen molar-refractivity contribution < 1.29 is 4.39 Å². The highest BCUT2D eigenvalue weighted by molar-refractivity contribution is 9.10. The third kappa shape index (κ3) is 2.90. The predicted octanol–water partition coefficient (Wildman–Crippen LogP) is 4.57. The number of nitrogen functional groups attached to an aromatic ring is 1. The number of nitrogens with one attached hydrogen (secondary N) is 1. The van der Waals surface area contributed by atoms with E-state index in [1.54, 1.807) is 18.2 Å². The van der Waals surface area contributed by atoms with Gasteiger partial charge < -0.3 is 11.1 Å². The Labute approximate surface area is 112 Å². The lowest BCUT2D eigenvalue weighted by molar-refractivity contribution is 0.632. The molecule has 0 spiro atoms. The van der Waals surface area contributed by atoms with Crippen molar-refractivity contribution >= 4 is 44.6 Å². The topological polar surface area (TPSA) is 38.0 Å². The maximum atomic E-state index is 13.5. The van der Waals surface area contributed by atoms with Crippen LogP contribution in [-0.4, -0.2) is 0 Å². The minimum atomic E-state index is -0.363. The first kappa shape index (κ1) is 12.2. The summed E-state index contributed by atoms with van der Waals surface area (Å²) in [6.45, 7) is 0. The molecule has 0 amide bonds. The molecular formula is C12H9BrClFN2. The predicted molar refractivity (Wildman–Crippen MR) is 73.2 cm³/mol. The van der Waals surface area contributed by atoms with Crippen LogP contribution in [0.25, 0.3) is 0 Å². The summed E-state index contributed by atoms with van der Waals surface area (Å²) in [6.07, 6.45) is 0. The first-order valence-electron chi connectivity index (χ1n) is 4.83. The van der Waals surface area contributed by atoms with Gasteiger partial charge in [-0.05, 0) is 52.3 Å². The van der Waals surface area contributed by atoms with Gasteiger partial charge in [0.1, 0.15) is 5.82 Å². The van der Waals surface area contributed by atoms with Crippen molar-refractivity contribution in [1.29, 1.82) is 0 Å². The molecule has 88 valence electrons. The van der Waals surface area contributed by atoms with E-state index in [0.717, 1.165) is 10.2 Å². The molecule has 0 atom stereocenters. The zero-order valence-electron chi connectivity index (χ0n) is 8.68. The molecule has 0 fully saturated rings. The molecule has 0 saturated carbocycles. The molecule has 0 bridgehead atoms. The molecule has 0 radical (unpaired) electrons. The second-order valence-corrected chi connectivity index (χ2v) is 4.78. The Morgan fingerprint density at radius 1 is 1.12 bits per heavy atom. The highest BCUT2D eigenvalue weighted by Gasteiger charge is 2.06. The van der Waals surface area contributed by atoms with Crippen molar-refractivity contribution in [3.05, 3.63) is 51.7 Å². The Bertz CT molecular complexity index is 560. The van der Waals surface area contributed by atoms with E-state index in [0.29, 0.717) is 16.4 Å². The summed E-state index contributed by atoms with van der Waals surface area (Å²) in [6, 6.07) is 9.58. The van der Waals surface area contributed by atoms with Crippen molar-refractivity contribution in [1.82, 2.24) is 0 Å². The standard InChI is InChI=1S/C12H9BrClFN2/c13-9-6-8(16)2-4-11(9)17-12-5-7(14)1-3-10(12)15/h1-6,17H,16H2. The average Bonchev–Trinajstić information content (AvgIpc) is 2.27. The molecule has 0 aliphatic heterocycles. The summed E-state index contributed by atoms with van der Waals surface area (Å²) in [5.74, 6) is -0.363. The molecule has 2 aromatic rings. The van der Waals surface area contributed by atoms with E-state index in [2.05, 4.69) is 21.2 Å². The van der Waals surface area contributed by atoms with Crippen LogP contribution in [0.3, 0.4) is 0 Å². The van der Waals surface area contributed by atoms with E-state index >= 15 is 0 Å². The van der Waals surface area contributed by atoms with E-state index in [1.807, 2.05) is 0 Å². The van der Waals surface area contributed by atoms with Gasteiger partial charge in [0.05, 0.1) is 11.4 Å². The number of hydrogen-bond donors (Lipinski definition) is 2. The van der Waals surface area contributed by atoms with Crippen molar-refractivity contribution in [3.63, 3.8) is 0 Å². The van der Waals surface area contributed by atoms with Crippen LogP contribution in [0.15, 0.2) is 40.9 Å². The van der Waals surface area contributed by atoms with Gasteiger partial charge in [0.25, 0.3) is 0 Å². The third-order valence-corrected chi connectivity index (χ3v) is 3.08. The fourth-order valence-corrected chi connectivity index (χ4v) is 2.04. The van der Waals surface area contributed by atoms with Crippen LogP contribution in [0.1, 0.15) is 0 Å². The van der Waals surface area contributed by atoms with Crippen LogP contribution in [0.5, 0.6) is 0 Å². The average molecular weight is 316 g/mol. The second-order valence-electron chi connectivity index (χ2n) is 3.49. The largest absolute Gasteiger partial charge is 0.399 e. The Balaban J connectivity index is 2.34. The minimum Gasteiger partial charge on any atom is -0.399 e. The van der Waals surface area contributed by atoms with Gasteiger partial charge in [-0.3, -0.25) is 0 Å². The number of halogens is 3. The Hall–Kier alpha value is -1.26. The van der Waals surface area contributed by atoms with Crippen molar-refractivity contribution in [2.75, 3.05) is 11.1 Å². The second kappa shape index (κ2) is 4.94. The molecule has 0 saturated heterocycles. The summed E-state index contributed by atoms with van der Waals surface area (Å²) in [4.78, 5) is 0. The van der Waals surface area contributed by atoms with E-state index in [4.69, 9.17) is 17.3 Å². The molecule has 0 aromatic heterocycles. The molecule has 0 aliphatic rings. The third-order valence-electron chi connectivity index (χ3n) is 2.19. The van der Waals surface area contributed by atoms with Crippen LogP contribution in [0.4, 0.5) is 21.5 Å². The van der Waals surface area contributed by atoms with Crippen molar-refractivity contribution in [3.8, 4) is 0 Å². The summed E-state index contributed by atoms with van der Waals surface area (Å²) in [7, 11) is 0. The number of benzene rings is 2. The Kier molecular flexibility index (Phi) is 3.54. The highest BCUT2D eigenvalue weighted by atomic mass is 79.9. The van der Waals surface area contributed by atoms with Crippen molar-refractivity contribution in [2.45, 2.75) is 0 Å². The van der Waals surface area contributed by atoms with Gasteiger partial charge in [0.2, 0.25) is 0 Å². The molecular weight excluding hydrogens is 307 g/mol. The lowest BCUT2D eigenvalue weighted by atomic mass is 10.2. The molecule has 3 N–H and O–H groups in total. The normalized spacial score (nSPS) is 10.3. The molecule has 17 heavy (non-hydrogen) atoms. The van der Waals surface area contributed by atoms with Gasteiger partial charge in [0, 0.05) is 15.2 Å². The molecule has 2 aromatic carbocycles. The van der Waals surface area contributed by atoms with Gasteiger partial charge >= 0.3 is 0 Å². The fourth-order valence-electron chi connectivity index (χ4n) is 1.37. The molecule has 0 aliphatic carbocycles. The van der Waals surface area contributed by atoms with Gasteiger partial charge in [-0.2, -0.15) is 0 Å². The number of hydrogen-bond acceptors (Lipinski definition) is 2. The first-order valence-corrected chi connectivity index (χ1v) is 6.00. The molecule has 2 rings (SSSR count). The van der Waals surface area contributed by atoms with E-state index < -0.39 is 0 Å². The van der Waals surface area contributed by atoms with Crippen LogP contribution >= 0.6 is 27.5 Å². The summed E-state index contributed by atoms with van der Waals surface area (Å²) in [5, 5.41) is 3.42. The highest BCUT2D eigenvalue weighted by Crippen LogP contribution is 2.29. The van der Waals surface area contributed by atoms with Gasteiger partial charge in [-0.25, -0.2) is 4.39 Å². The van der Waals surface area contributed by atoms with Crippen LogP contribution in [0.2, 0.25) is 5.02 Å². The zero-order chi connectivity index (χ0) is 12.4. The lowest BCUT2D eigenvalue weighted by Crippen LogP contribution is -1.95. The summed E-state index contributed by atoms with van der Waals surface area (Å²) >= 11 is 9.16. The quantitative estimate of drug-likeness (QED) is 0.797. The van der Waals surface area contributed by atoms with E-state index in [9.17, 15) is 4.39 Å². The first-order chi connectivity index (χ1) is 8.06. The SMILES string of the molecule is Nc1ccc(Nc2cc(Cl)ccc2F)c(Br)c1. The van der Waals surface area contributed by atoms with Crippen LogP contribution < -0.4 is 11.1 Å². The lowest BCUT2D eigenvalue weighted by Gasteiger charge is -2.10. The molecule has 0 heterocycles. The summed E-state index contributed by atoms with van der Waals surface area (Å²) in [5.41, 5.74) is 7.30. The van der Waals surface area contributed by atoms with Gasteiger partial charge in [-0.15, -0.1) is 0 Å². The maximum Gasteiger partial charge on any atom is 0.146 e. The summed E-state index contributed by atoms with van der Waals surface area (Å²) < 4.78 is 14.3. The smallest absolute Gasteiger partial charge is 0.146 e. The Morgan fingerprint density at radius 3 is 2.59 bits per heavy atom. The molecule has 0 unspecified atom stereocenters.